The van der Waals surface area contributed by atoms with Gasteiger partial charge in [0.1, 0.15) is 5.82 Å². The van der Waals surface area contributed by atoms with Crippen molar-refractivity contribution in [2.75, 3.05) is 7.05 Å². The van der Waals surface area contributed by atoms with Gasteiger partial charge in [-0.25, -0.2) is 9.97 Å². The highest BCUT2D eigenvalue weighted by atomic mass is 15.0. The van der Waals surface area contributed by atoms with Crippen molar-refractivity contribution in [2.45, 2.75) is 38.1 Å². The van der Waals surface area contributed by atoms with Gasteiger partial charge in [-0.05, 0) is 31.9 Å². The number of aromatic nitrogens is 2. The lowest BCUT2D eigenvalue weighted by Crippen LogP contribution is -2.28. The van der Waals surface area contributed by atoms with Gasteiger partial charge in [0.15, 0.2) is 0 Å². The van der Waals surface area contributed by atoms with Gasteiger partial charge in [-0.2, -0.15) is 0 Å². The Morgan fingerprint density at radius 3 is 2.47 bits per heavy atom. The van der Waals surface area contributed by atoms with Crippen LogP contribution in [0, 0.1) is 5.92 Å². The van der Waals surface area contributed by atoms with Gasteiger partial charge in [-0.1, -0.05) is 19.3 Å². The molecule has 0 aliphatic heterocycles. The van der Waals surface area contributed by atoms with Crippen molar-refractivity contribution in [1.82, 2.24) is 15.3 Å². The normalized spacial score (nSPS) is 20.1. The van der Waals surface area contributed by atoms with Gasteiger partial charge < -0.3 is 5.32 Å². The average molecular weight is 205 g/mol. The molecular weight excluding hydrogens is 186 g/mol. The van der Waals surface area contributed by atoms with Crippen molar-refractivity contribution in [2.24, 2.45) is 5.92 Å². The van der Waals surface area contributed by atoms with Crippen molar-refractivity contribution >= 4 is 0 Å². The molecule has 0 bridgehead atoms. The van der Waals surface area contributed by atoms with E-state index in [4.69, 9.17) is 0 Å². The van der Waals surface area contributed by atoms with E-state index in [1.165, 1.54) is 32.1 Å². The number of rotatable bonds is 3. The first-order valence-corrected chi connectivity index (χ1v) is 5.86. The molecule has 1 aliphatic rings. The van der Waals surface area contributed by atoms with E-state index in [0.29, 0.717) is 12.0 Å². The molecule has 1 unspecified atom stereocenters. The summed E-state index contributed by atoms with van der Waals surface area (Å²) in [6.45, 7) is 0. The Labute approximate surface area is 91.3 Å². The van der Waals surface area contributed by atoms with E-state index in [1.54, 1.807) is 0 Å². The summed E-state index contributed by atoms with van der Waals surface area (Å²) in [7, 11) is 2.01. The number of hydrogen-bond acceptors (Lipinski definition) is 3. The molecule has 0 aromatic carbocycles. The van der Waals surface area contributed by atoms with E-state index in [0.717, 1.165) is 5.82 Å². The van der Waals surface area contributed by atoms with Crippen LogP contribution in [0.2, 0.25) is 0 Å². The SMILES string of the molecule is CNC(c1ncccn1)C1CCCCC1. The molecule has 3 nitrogen and oxygen atoms in total. The van der Waals surface area contributed by atoms with Crippen molar-refractivity contribution in [3.63, 3.8) is 0 Å². The number of nitrogens with zero attached hydrogens (tertiary/aromatic N) is 2. The third-order valence-corrected chi connectivity index (χ3v) is 3.30. The predicted molar refractivity (Wildman–Crippen MR) is 60.4 cm³/mol. The lowest BCUT2D eigenvalue weighted by Gasteiger charge is -2.28. The Bertz CT molecular complexity index is 280. The van der Waals surface area contributed by atoms with Crippen molar-refractivity contribution in [3.05, 3.63) is 24.3 Å². The second-order valence-electron chi connectivity index (χ2n) is 4.27. The van der Waals surface area contributed by atoms with E-state index >= 15 is 0 Å². The first kappa shape index (κ1) is 10.6. The molecule has 0 saturated heterocycles. The fourth-order valence-electron chi connectivity index (χ4n) is 2.51. The molecule has 0 spiro atoms. The molecule has 1 saturated carbocycles. The van der Waals surface area contributed by atoms with E-state index in [1.807, 2.05) is 25.5 Å². The van der Waals surface area contributed by atoms with Crippen LogP contribution >= 0.6 is 0 Å². The predicted octanol–water partition coefficient (Wildman–Crippen LogP) is 2.32. The maximum absolute atomic E-state index is 4.35. The summed E-state index contributed by atoms with van der Waals surface area (Å²) < 4.78 is 0. The van der Waals surface area contributed by atoms with E-state index in [9.17, 15) is 0 Å². The smallest absolute Gasteiger partial charge is 0.145 e. The molecule has 1 N–H and O–H groups in total. The van der Waals surface area contributed by atoms with Crippen LogP contribution in [0.15, 0.2) is 18.5 Å². The maximum Gasteiger partial charge on any atom is 0.145 e. The molecule has 2 rings (SSSR count). The van der Waals surface area contributed by atoms with Gasteiger partial charge in [-0.15, -0.1) is 0 Å². The molecule has 0 amide bonds. The zero-order chi connectivity index (χ0) is 10.5. The minimum absolute atomic E-state index is 0.339. The fraction of sp³-hybridized carbons (Fsp3) is 0.667. The standard InChI is InChI=1S/C12H19N3/c1-13-11(10-6-3-2-4-7-10)12-14-8-5-9-15-12/h5,8-11,13H,2-4,6-7H2,1H3. The van der Waals surface area contributed by atoms with Crippen molar-refractivity contribution in [1.29, 1.82) is 0 Å². The zero-order valence-electron chi connectivity index (χ0n) is 9.32. The second kappa shape index (κ2) is 5.21. The summed E-state index contributed by atoms with van der Waals surface area (Å²) >= 11 is 0. The Kier molecular flexibility index (Phi) is 3.67. The molecule has 1 aliphatic carbocycles. The lowest BCUT2D eigenvalue weighted by atomic mass is 9.83. The quantitative estimate of drug-likeness (QED) is 0.823. The molecule has 1 fully saturated rings. The fourth-order valence-corrected chi connectivity index (χ4v) is 2.51. The monoisotopic (exact) mass is 205 g/mol. The van der Waals surface area contributed by atoms with Crippen LogP contribution in [0.4, 0.5) is 0 Å². The van der Waals surface area contributed by atoms with Crippen molar-refractivity contribution < 1.29 is 0 Å². The lowest BCUT2D eigenvalue weighted by molar-refractivity contribution is 0.273. The third-order valence-electron chi connectivity index (χ3n) is 3.30. The molecule has 1 aromatic heterocycles. The molecule has 1 aromatic rings. The highest BCUT2D eigenvalue weighted by molar-refractivity contribution is 4.98. The van der Waals surface area contributed by atoms with Gasteiger partial charge >= 0.3 is 0 Å². The summed E-state index contributed by atoms with van der Waals surface area (Å²) in [6, 6.07) is 2.21. The first-order chi connectivity index (χ1) is 7.42. The molecule has 82 valence electrons. The summed E-state index contributed by atoms with van der Waals surface area (Å²) in [6.07, 6.45) is 10.4. The topological polar surface area (TPSA) is 37.8 Å². The zero-order valence-corrected chi connectivity index (χ0v) is 9.32. The molecular formula is C12H19N3. The van der Waals surface area contributed by atoms with Gasteiger partial charge in [-0.3, -0.25) is 0 Å². The highest BCUT2D eigenvalue weighted by Crippen LogP contribution is 2.32. The Morgan fingerprint density at radius 1 is 1.20 bits per heavy atom. The molecule has 1 heterocycles. The van der Waals surface area contributed by atoms with E-state index < -0.39 is 0 Å². The van der Waals surface area contributed by atoms with Crippen LogP contribution in [0.3, 0.4) is 0 Å². The van der Waals surface area contributed by atoms with Crippen LogP contribution in [-0.4, -0.2) is 17.0 Å². The Morgan fingerprint density at radius 2 is 1.87 bits per heavy atom. The Balaban J connectivity index is 2.09. The number of hydrogen-bond donors (Lipinski definition) is 1. The highest BCUT2D eigenvalue weighted by Gasteiger charge is 2.25. The minimum atomic E-state index is 0.339. The van der Waals surface area contributed by atoms with Crippen LogP contribution in [0.5, 0.6) is 0 Å². The summed E-state index contributed by atoms with van der Waals surface area (Å²) in [4.78, 5) is 8.70. The van der Waals surface area contributed by atoms with Gasteiger partial charge in [0, 0.05) is 12.4 Å². The van der Waals surface area contributed by atoms with Gasteiger partial charge in [0.05, 0.1) is 6.04 Å². The average Bonchev–Trinajstić information content (AvgIpc) is 2.33. The Hall–Kier alpha value is -0.960. The molecule has 3 heteroatoms. The van der Waals surface area contributed by atoms with Gasteiger partial charge in [0.25, 0.3) is 0 Å². The van der Waals surface area contributed by atoms with E-state index in [2.05, 4.69) is 15.3 Å². The number of nitrogens with one attached hydrogen (secondary N) is 1. The molecule has 1 atom stereocenters. The second-order valence-corrected chi connectivity index (χ2v) is 4.27. The summed E-state index contributed by atoms with van der Waals surface area (Å²) in [5.41, 5.74) is 0. The summed E-state index contributed by atoms with van der Waals surface area (Å²) in [5.74, 6) is 1.66. The van der Waals surface area contributed by atoms with Crippen LogP contribution in [-0.2, 0) is 0 Å². The van der Waals surface area contributed by atoms with Crippen LogP contribution < -0.4 is 5.32 Å². The van der Waals surface area contributed by atoms with Crippen LogP contribution in [0.25, 0.3) is 0 Å². The largest absolute Gasteiger partial charge is 0.310 e. The van der Waals surface area contributed by atoms with Crippen LogP contribution in [0.1, 0.15) is 44.0 Å². The summed E-state index contributed by atoms with van der Waals surface area (Å²) in [5, 5.41) is 3.36. The third kappa shape index (κ3) is 2.53. The molecule has 15 heavy (non-hydrogen) atoms. The van der Waals surface area contributed by atoms with Gasteiger partial charge in [0.2, 0.25) is 0 Å². The maximum atomic E-state index is 4.35. The molecule has 0 radical (unpaired) electrons. The first-order valence-electron chi connectivity index (χ1n) is 5.86. The van der Waals surface area contributed by atoms with E-state index in [-0.39, 0.29) is 0 Å². The van der Waals surface area contributed by atoms with Crippen molar-refractivity contribution in [3.8, 4) is 0 Å². The minimum Gasteiger partial charge on any atom is -0.310 e.